The number of hydrogen-bond acceptors (Lipinski definition) is 3. The Morgan fingerprint density at radius 2 is 1.89 bits per heavy atom. The third kappa shape index (κ3) is 1.71. The zero-order valence-electron chi connectivity index (χ0n) is 11.2. The van der Waals surface area contributed by atoms with Crippen LogP contribution in [0.1, 0.15) is 45.4 Å². The zero-order chi connectivity index (χ0) is 12.8. The highest BCUT2D eigenvalue weighted by Gasteiger charge is 2.60. The van der Waals surface area contributed by atoms with Crippen LogP contribution in [0.15, 0.2) is 0 Å². The molecule has 0 unspecified atom stereocenters. The van der Waals surface area contributed by atoms with E-state index in [9.17, 15) is 9.90 Å². The normalized spacial score (nSPS) is 45.0. The molecule has 0 aromatic heterocycles. The molecule has 0 aliphatic carbocycles. The molecule has 0 radical (unpaired) electrons. The summed E-state index contributed by atoms with van der Waals surface area (Å²) in [4.78, 5) is 12.1. The number of carbonyl (C=O) groups is 1. The quantitative estimate of drug-likeness (QED) is 0.710. The molecule has 2 atom stereocenters. The number of aliphatic hydroxyl groups excluding tert-OH is 1. The smallest absolute Gasteiger partial charge is 0.389 e. The van der Waals surface area contributed by atoms with Gasteiger partial charge in [-0.15, -0.1) is 0 Å². The van der Waals surface area contributed by atoms with Gasteiger partial charge in [0.25, 0.3) is 0 Å². The van der Waals surface area contributed by atoms with Crippen molar-refractivity contribution >= 4 is 12.5 Å². The lowest BCUT2D eigenvalue weighted by atomic mass is 9.28. The van der Waals surface area contributed by atoms with Gasteiger partial charge in [0.15, 0.2) is 0 Å². The Hall–Kier alpha value is -0.545. The molecule has 4 nitrogen and oxygen atoms in total. The third-order valence-corrected chi connectivity index (χ3v) is 5.77. The molecule has 5 heteroatoms. The monoisotopic (exact) mass is 253 g/mol. The molecule has 3 aliphatic rings. The SMILES string of the molecule is C[C@H](CO)[C@H]1[NH2+][B-]2(OC1=O)C1CCCC2CCC1. The van der Waals surface area contributed by atoms with Crippen molar-refractivity contribution in [1.29, 1.82) is 0 Å². The first-order chi connectivity index (χ1) is 8.67. The first kappa shape index (κ1) is 12.5. The van der Waals surface area contributed by atoms with Crippen LogP contribution < -0.4 is 5.23 Å². The van der Waals surface area contributed by atoms with Crippen molar-refractivity contribution < 1.29 is 19.8 Å². The van der Waals surface area contributed by atoms with E-state index in [2.05, 4.69) is 5.23 Å². The van der Waals surface area contributed by atoms with Crippen molar-refractivity contribution in [1.82, 2.24) is 0 Å². The number of hydrogen-bond donors (Lipinski definition) is 2. The molecule has 1 spiro atoms. The molecule has 102 valence electrons. The van der Waals surface area contributed by atoms with Crippen LogP contribution in [0, 0.1) is 5.92 Å². The highest BCUT2D eigenvalue weighted by atomic mass is 16.5. The van der Waals surface area contributed by atoms with Gasteiger partial charge in [-0.1, -0.05) is 57.1 Å². The fourth-order valence-corrected chi connectivity index (χ4v) is 4.76. The molecule has 3 N–H and O–H groups in total. The molecule has 18 heavy (non-hydrogen) atoms. The van der Waals surface area contributed by atoms with Gasteiger partial charge in [-0.3, -0.25) is 4.79 Å². The molecule has 0 saturated carbocycles. The van der Waals surface area contributed by atoms with Gasteiger partial charge in [0.05, 0.1) is 6.61 Å². The highest BCUT2D eigenvalue weighted by molar-refractivity contribution is 6.71. The van der Waals surface area contributed by atoms with Gasteiger partial charge >= 0.3 is 12.5 Å². The lowest BCUT2D eigenvalue weighted by Gasteiger charge is -2.50. The van der Waals surface area contributed by atoms with Crippen molar-refractivity contribution in [3.63, 3.8) is 0 Å². The van der Waals surface area contributed by atoms with Crippen molar-refractivity contribution in [2.24, 2.45) is 5.92 Å². The lowest BCUT2D eigenvalue weighted by molar-refractivity contribution is -0.567. The van der Waals surface area contributed by atoms with Crippen molar-refractivity contribution in [3.05, 3.63) is 0 Å². The topological polar surface area (TPSA) is 63.1 Å². The summed E-state index contributed by atoms with van der Waals surface area (Å²) < 4.78 is 5.95. The predicted octanol–water partition coefficient (Wildman–Crippen LogP) is 0.654. The van der Waals surface area contributed by atoms with E-state index >= 15 is 0 Å². The third-order valence-electron chi connectivity index (χ3n) is 5.77. The maximum absolute atomic E-state index is 12.1. The summed E-state index contributed by atoms with van der Waals surface area (Å²) in [5.41, 5.74) is 0. The summed E-state index contributed by atoms with van der Waals surface area (Å²) in [6.45, 7) is 0.976. The molecule has 3 heterocycles. The van der Waals surface area contributed by atoms with Gasteiger partial charge in [0.2, 0.25) is 0 Å². The Kier molecular flexibility index (Phi) is 3.14. The van der Waals surface area contributed by atoms with E-state index in [1.165, 1.54) is 38.5 Å². The van der Waals surface area contributed by atoms with Gasteiger partial charge in [-0.05, 0) is 0 Å². The first-order valence-corrected chi connectivity index (χ1v) is 7.53. The maximum atomic E-state index is 12.1. The summed E-state index contributed by atoms with van der Waals surface area (Å²) in [5.74, 6) is 1.12. The zero-order valence-corrected chi connectivity index (χ0v) is 11.2. The molecule has 3 fully saturated rings. The highest BCUT2D eigenvalue weighted by Crippen LogP contribution is 2.51. The Morgan fingerprint density at radius 1 is 1.33 bits per heavy atom. The van der Waals surface area contributed by atoms with Crippen LogP contribution in [-0.4, -0.2) is 30.2 Å². The van der Waals surface area contributed by atoms with Gasteiger partial charge < -0.3 is 15.0 Å². The molecule has 0 aromatic carbocycles. The van der Waals surface area contributed by atoms with E-state index in [1.54, 1.807) is 0 Å². The van der Waals surface area contributed by atoms with Crippen LogP contribution >= 0.6 is 0 Å². The van der Waals surface area contributed by atoms with Crippen LogP contribution in [0.25, 0.3) is 0 Å². The molecule has 0 amide bonds. The second-order valence-corrected chi connectivity index (χ2v) is 6.68. The first-order valence-electron chi connectivity index (χ1n) is 7.53. The fraction of sp³-hybridized carbons (Fsp3) is 0.923. The van der Waals surface area contributed by atoms with E-state index in [0.29, 0.717) is 11.6 Å². The average molecular weight is 253 g/mol. The standard InChI is InChI=1S/C13H24BNO3/c1-9(8-16)12-13(17)18-14(15-12)10-4-2-5-11(14)7-3-6-10/h9-12,16H,2-8,15H2,1H3/t9-,10?,11?,12-,14?/m1/s1. The number of rotatable bonds is 2. The second kappa shape index (κ2) is 4.53. The van der Waals surface area contributed by atoms with E-state index in [4.69, 9.17) is 4.65 Å². The minimum atomic E-state index is -1.03. The van der Waals surface area contributed by atoms with Gasteiger partial charge in [0.1, 0.15) is 6.04 Å². The number of nitrogens with two attached hydrogens (primary N) is 1. The minimum Gasteiger partial charge on any atom is -0.634 e. The molecule has 3 rings (SSSR count). The van der Waals surface area contributed by atoms with Crippen molar-refractivity contribution in [3.8, 4) is 0 Å². The van der Waals surface area contributed by atoms with E-state index in [-0.39, 0.29) is 24.5 Å². The Labute approximate surface area is 108 Å². The van der Waals surface area contributed by atoms with Crippen LogP contribution in [0.5, 0.6) is 0 Å². The number of aliphatic hydroxyl groups is 1. The number of quaternary nitrogens is 1. The van der Waals surface area contributed by atoms with Gasteiger partial charge in [0, 0.05) is 5.92 Å². The molecule has 2 bridgehead atoms. The Morgan fingerprint density at radius 3 is 2.39 bits per heavy atom. The fourth-order valence-electron chi connectivity index (χ4n) is 4.76. The molecule has 3 aliphatic heterocycles. The van der Waals surface area contributed by atoms with Crippen molar-refractivity contribution in [2.75, 3.05) is 6.61 Å². The Bertz CT molecular complexity index is 327. The van der Waals surface area contributed by atoms with Crippen molar-refractivity contribution in [2.45, 2.75) is 63.1 Å². The van der Waals surface area contributed by atoms with Crippen LogP contribution in [0.3, 0.4) is 0 Å². The average Bonchev–Trinajstić information content (AvgIpc) is 2.66. The summed E-state index contributed by atoms with van der Waals surface area (Å²) in [6, 6.07) is -0.170. The van der Waals surface area contributed by atoms with Gasteiger partial charge in [-0.2, -0.15) is 0 Å². The summed E-state index contributed by atoms with van der Waals surface area (Å²) >= 11 is 0. The van der Waals surface area contributed by atoms with Gasteiger partial charge in [-0.25, -0.2) is 0 Å². The molecule has 3 saturated heterocycles. The molecule has 0 aromatic rings. The summed E-state index contributed by atoms with van der Waals surface area (Å²) in [5, 5.41) is 11.5. The maximum Gasteiger partial charge on any atom is 0.389 e. The predicted molar refractivity (Wildman–Crippen MR) is 69.0 cm³/mol. The molecular formula is C13H24BNO3. The van der Waals surface area contributed by atoms with Crippen LogP contribution in [-0.2, 0) is 9.45 Å². The van der Waals surface area contributed by atoms with E-state index < -0.39 is 6.48 Å². The molecular weight excluding hydrogens is 229 g/mol. The Balaban J connectivity index is 1.85. The summed E-state index contributed by atoms with van der Waals surface area (Å²) in [6.07, 6.45) is 7.48. The summed E-state index contributed by atoms with van der Waals surface area (Å²) in [7, 11) is 0. The largest absolute Gasteiger partial charge is 0.634 e. The minimum absolute atomic E-state index is 0.00130. The van der Waals surface area contributed by atoms with E-state index in [1.807, 2.05) is 6.92 Å². The second-order valence-electron chi connectivity index (χ2n) is 6.68. The lowest BCUT2D eigenvalue weighted by Crippen LogP contribution is -3.04. The number of carbonyl (C=O) groups excluding carboxylic acids is 1. The van der Waals surface area contributed by atoms with E-state index in [0.717, 1.165) is 0 Å². The van der Waals surface area contributed by atoms with Crippen LogP contribution in [0.2, 0.25) is 11.6 Å². The van der Waals surface area contributed by atoms with Crippen LogP contribution in [0.4, 0.5) is 0 Å².